The highest BCUT2D eigenvalue weighted by molar-refractivity contribution is 6.31. The number of benzene rings is 2. The first kappa shape index (κ1) is 18.9. The van der Waals surface area contributed by atoms with Crippen LogP contribution >= 0.6 is 11.6 Å². The van der Waals surface area contributed by atoms with E-state index in [1.807, 2.05) is 49.4 Å². The van der Waals surface area contributed by atoms with Crippen molar-refractivity contribution in [2.24, 2.45) is 0 Å². The minimum Gasteiger partial charge on any atom is -0.493 e. The van der Waals surface area contributed by atoms with Crippen molar-refractivity contribution in [1.29, 1.82) is 0 Å². The summed E-state index contributed by atoms with van der Waals surface area (Å²) in [5.74, 6) is 1.22. The number of carbonyl (C=O) groups is 1. The van der Waals surface area contributed by atoms with E-state index in [0.717, 1.165) is 11.1 Å². The molecule has 5 heteroatoms. The Morgan fingerprint density at radius 2 is 1.96 bits per heavy atom. The lowest BCUT2D eigenvalue weighted by Crippen LogP contribution is -2.24. The van der Waals surface area contributed by atoms with Crippen molar-refractivity contribution in [2.75, 3.05) is 20.8 Å². The van der Waals surface area contributed by atoms with Gasteiger partial charge in [0.2, 0.25) is 5.91 Å². The second-order valence-electron chi connectivity index (χ2n) is 5.46. The van der Waals surface area contributed by atoms with Crippen LogP contribution in [0.15, 0.2) is 48.5 Å². The number of nitrogens with zero attached hydrogens (tertiary/aromatic N) is 1. The van der Waals surface area contributed by atoms with E-state index in [9.17, 15) is 4.79 Å². The van der Waals surface area contributed by atoms with Crippen molar-refractivity contribution >= 4 is 23.6 Å². The Balaban J connectivity index is 2.05. The van der Waals surface area contributed by atoms with E-state index in [1.54, 1.807) is 25.1 Å². The summed E-state index contributed by atoms with van der Waals surface area (Å²) in [6.07, 6.45) is 3.29. The molecule has 0 fully saturated rings. The molecule has 0 aromatic heterocycles. The fourth-order valence-corrected chi connectivity index (χ4v) is 2.51. The van der Waals surface area contributed by atoms with Gasteiger partial charge in [-0.2, -0.15) is 0 Å². The van der Waals surface area contributed by atoms with Gasteiger partial charge >= 0.3 is 0 Å². The highest BCUT2D eigenvalue weighted by Gasteiger charge is 2.09. The molecule has 0 bridgehead atoms. The number of amides is 1. The molecule has 0 aliphatic rings. The quantitative estimate of drug-likeness (QED) is 0.687. The third-order valence-electron chi connectivity index (χ3n) is 3.65. The summed E-state index contributed by atoms with van der Waals surface area (Å²) >= 11 is 6.14. The molecule has 2 rings (SSSR count). The van der Waals surface area contributed by atoms with E-state index in [1.165, 1.54) is 6.08 Å². The van der Waals surface area contributed by atoms with Gasteiger partial charge in [0.05, 0.1) is 13.7 Å². The summed E-state index contributed by atoms with van der Waals surface area (Å²) in [7, 11) is 3.34. The van der Waals surface area contributed by atoms with Crippen LogP contribution in [0.1, 0.15) is 18.1 Å². The molecule has 0 saturated carbocycles. The van der Waals surface area contributed by atoms with Crippen LogP contribution in [-0.2, 0) is 11.3 Å². The van der Waals surface area contributed by atoms with Crippen LogP contribution < -0.4 is 9.47 Å². The molecule has 0 aliphatic carbocycles. The maximum absolute atomic E-state index is 12.3. The standard InChI is InChI=1S/C20H22ClNO3/c1-4-25-18-11-9-15(13-19(18)24-3)10-12-20(23)22(2)14-16-7-5-6-8-17(16)21/h5-13H,4,14H2,1-3H3. The van der Waals surface area contributed by atoms with E-state index in [-0.39, 0.29) is 5.91 Å². The van der Waals surface area contributed by atoms with Crippen molar-refractivity contribution in [1.82, 2.24) is 4.90 Å². The first-order chi connectivity index (χ1) is 12.0. The highest BCUT2D eigenvalue weighted by atomic mass is 35.5. The van der Waals surface area contributed by atoms with Crippen molar-refractivity contribution < 1.29 is 14.3 Å². The molecule has 0 spiro atoms. The van der Waals surface area contributed by atoms with Gasteiger partial charge in [-0.3, -0.25) is 4.79 Å². The van der Waals surface area contributed by atoms with Crippen LogP contribution in [0, 0.1) is 0 Å². The topological polar surface area (TPSA) is 38.8 Å². The Hall–Kier alpha value is -2.46. The maximum atomic E-state index is 12.3. The second-order valence-corrected chi connectivity index (χ2v) is 5.87. The van der Waals surface area contributed by atoms with Gasteiger partial charge in [-0.15, -0.1) is 0 Å². The fraction of sp³-hybridized carbons (Fsp3) is 0.250. The van der Waals surface area contributed by atoms with Crippen LogP contribution in [0.3, 0.4) is 0 Å². The largest absolute Gasteiger partial charge is 0.493 e. The third-order valence-corrected chi connectivity index (χ3v) is 4.02. The van der Waals surface area contributed by atoms with Crippen LogP contribution in [-0.4, -0.2) is 31.6 Å². The number of carbonyl (C=O) groups excluding carboxylic acids is 1. The van der Waals surface area contributed by atoms with Crippen molar-refractivity contribution in [3.8, 4) is 11.5 Å². The Morgan fingerprint density at radius 1 is 1.20 bits per heavy atom. The van der Waals surface area contributed by atoms with Gasteiger partial charge < -0.3 is 14.4 Å². The van der Waals surface area contributed by atoms with Crippen LogP contribution in [0.5, 0.6) is 11.5 Å². The zero-order valence-electron chi connectivity index (χ0n) is 14.7. The minimum absolute atomic E-state index is 0.104. The maximum Gasteiger partial charge on any atom is 0.246 e. The van der Waals surface area contributed by atoms with Gasteiger partial charge in [-0.1, -0.05) is 35.9 Å². The van der Waals surface area contributed by atoms with Gasteiger partial charge in [0.25, 0.3) is 0 Å². The first-order valence-corrected chi connectivity index (χ1v) is 8.40. The SMILES string of the molecule is CCOc1ccc(C=CC(=O)N(C)Cc2ccccc2Cl)cc1OC. The van der Waals surface area contributed by atoms with Crippen molar-refractivity contribution in [2.45, 2.75) is 13.5 Å². The molecule has 0 atom stereocenters. The zero-order valence-corrected chi connectivity index (χ0v) is 15.4. The normalized spacial score (nSPS) is 10.7. The molecule has 0 saturated heterocycles. The molecule has 4 nitrogen and oxygen atoms in total. The van der Waals surface area contributed by atoms with Crippen molar-refractivity contribution in [3.63, 3.8) is 0 Å². The smallest absolute Gasteiger partial charge is 0.246 e. The van der Waals surface area contributed by atoms with E-state index in [0.29, 0.717) is 29.7 Å². The molecular weight excluding hydrogens is 338 g/mol. The zero-order chi connectivity index (χ0) is 18.2. The number of ether oxygens (including phenoxy) is 2. The highest BCUT2D eigenvalue weighted by Crippen LogP contribution is 2.28. The van der Waals surface area contributed by atoms with Crippen molar-refractivity contribution in [3.05, 3.63) is 64.7 Å². The van der Waals surface area contributed by atoms with E-state index in [4.69, 9.17) is 21.1 Å². The van der Waals surface area contributed by atoms with Gasteiger partial charge in [-0.25, -0.2) is 0 Å². The molecule has 25 heavy (non-hydrogen) atoms. The lowest BCUT2D eigenvalue weighted by Gasteiger charge is -2.16. The Kier molecular flexibility index (Phi) is 6.90. The van der Waals surface area contributed by atoms with Gasteiger partial charge in [0, 0.05) is 24.7 Å². The summed E-state index contributed by atoms with van der Waals surface area (Å²) in [5.41, 5.74) is 1.77. The van der Waals surface area contributed by atoms with Crippen LogP contribution in [0.4, 0.5) is 0 Å². The van der Waals surface area contributed by atoms with Gasteiger partial charge in [0.1, 0.15) is 0 Å². The lowest BCUT2D eigenvalue weighted by atomic mass is 10.1. The number of halogens is 1. The summed E-state index contributed by atoms with van der Waals surface area (Å²) in [6.45, 7) is 2.94. The number of rotatable bonds is 7. The molecule has 0 N–H and O–H groups in total. The summed E-state index contributed by atoms with van der Waals surface area (Å²) in [6, 6.07) is 13.0. The molecule has 132 valence electrons. The van der Waals surface area contributed by atoms with Crippen LogP contribution in [0.25, 0.3) is 6.08 Å². The molecule has 0 heterocycles. The number of hydrogen-bond donors (Lipinski definition) is 0. The predicted octanol–water partition coefficient (Wildman–Crippen LogP) is 4.42. The summed E-state index contributed by atoms with van der Waals surface area (Å²) < 4.78 is 10.8. The van der Waals surface area contributed by atoms with Crippen LogP contribution in [0.2, 0.25) is 5.02 Å². The molecule has 1 amide bonds. The molecule has 2 aromatic carbocycles. The number of methoxy groups -OCH3 is 1. The molecule has 0 radical (unpaired) electrons. The lowest BCUT2D eigenvalue weighted by molar-refractivity contribution is -0.125. The number of likely N-dealkylation sites (N-methyl/N-ethyl adjacent to an activating group) is 1. The molecular formula is C20H22ClNO3. The average molecular weight is 360 g/mol. The predicted molar refractivity (Wildman–Crippen MR) is 101 cm³/mol. The Morgan fingerprint density at radius 3 is 2.64 bits per heavy atom. The third kappa shape index (κ3) is 5.26. The van der Waals surface area contributed by atoms with E-state index < -0.39 is 0 Å². The number of hydrogen-bond acceptors (Lipinski definition) is 3. The Labute approximate surface area is 153 Å². The summed E-state index contributed by atoms with van der Waals surface area (Å²) in [4.78, 5) is 13.9. The average Bonchev–Trinajstić information content (AvgIpc) is 2.62. The molecule has 0 aliphatic heterocycles. The van der Waals surface area contributed by atoms with E-state index in [2.05, 4.69) is 0 Å². The van der Waals surface area contributed by atoms with E-state index >= 15 is 0 Å². The minimum atomic E-state index is -0.104. The fourth-order valence-electron chi connectivity index (χ4n) is 2.32. The molecule has 0 unspecified atom stereocenters. The second kappa shape index (κ2) is 9.14. The monoisotopic (exact) mass is 359 g/mol. The Bertz CT molecular complexity index is 758. The van der Waals surface area contributed by atoms with Gasteiger partial charge in [0.15, 0.2) is 11.5 Å². The molecule has 2 aromatic rings. The summed E-state index contributed by atoms with van der Waals surface area (Å²) in [5, 5.41) is 0.655. The van der Waals surface area contributed by atoms with Gasteiger partial charge in [-0.05, 0) is 42.3 Å². The first-order valence-electron chi connectivity index (χ1n) is 8.02.